The molecule has 0 fully saturated rings. The van der Waals surface area contributed by atoms with E-state index in [-0.39, 0.29) is 109 Å². The van der Waals surface area contributed by atoms with Gasteiger partial charge < -0.3 is 24.1 Å². The molecule has 0 aliphatic carbocycles. The van der Waals surface area contributed by atoms with Crippen molar-refractivity contribution in [3.63, 3.8) is 0 Å². The predicted octanol–water partition coefficient (Wildman–Crippen LogP) is -3.00. The Labute approximate surface area is 250 Å². The van der Waals surface area contributed by atoms with E-state index < -0.39 is 27.8 Å². The molecule has 0 amide bonds. The van der Waals surface area contributed by atoms with E-state index in [0.29, 0.717) is 6.42 Å². The van der Waals surface area contributed by atoms with Gasteiger partial charge in [0.1, 0.15) is 6.29 Å². The first-order valence-electron chi connectivity index (χ1n) is 9.42. The molecule has 0 spiro atoms. The Bertz CT molecular complexity index is 396. The van der Waals surface area contributed by atoms with E-state index in [1.165, 1.54) is 51.4 Å². The summed E-state index contributed by atoms with van der Waals surface area (Å²) in [6, 6.07) is 0. The summed E-state index contributed by atoms with van der Waals surface area (Å²) >= 11 is 0. The SMILES string of the molecule is CCCCCCCCCCCCCCN(CP(=O)([O-])[O-])CP(=O)(O)O.[K+].[K+]. The molecule has 0 unspecified atom stereocenters. The molecule has 7 nitrogen and oxygen atoms in total. The summed E-state index contributed by atoms with van der Waals surface area (Å²) in [6.07, 6.45) is 12.4. The summed E-state index contributed by atoms with van der Waals surface area (Å²) in [5.41, 5.74) is 0. The maximum Gasteiger partial charge on any atom is 1.00 e. The molecule has 0 rings (SSSR count). The average Bonchev–Trinajstić information content (AvgIpc) is 2.45. The van der Waals surface area contributed by atoms with Crippen LogP contribution in [0.4, 0.5) is 0 Å². The van der Waals surface area contributed by atoms with Crippen molar-refractivity contribution in [3.8, 4) is 0 Å². The number of nitrogens with zero attached hydrogens (tertiary/aromatic N) is 1. The van der Waals surface area contributed by atoms with Crippen LogP contribution >= 0.6 is 15.2 Å². The third-order valence-corrected chi connectivity index (χ3v) is 5.60. The second-order valence-corrected chi connectivity index (χ2v) is 9.96. The number of rotatable bonds is 17. The van der Waals surface area contributed by atoms with Gasteiger partial charge in [-0.05, 0) is 13.0 Å². The first-order valence-corrected chi connectivity index (χ1v) is 12.9. The smallest absolute Gasteiger partial charge is 0.810 e. The van der Waals surface area contributed by atoms with Gasteiger partial charge in [-0.2, -0.15) is 0 Å². The molecule has 0 radical (unpaired) electrons. The zero-order valence-corrected chi connectivity index (χ0v) is 25.5. The molecule has 27 heavy (non-hydrogen) atoms. The van der Waals surface area contributed by atoms with Crippen LogP contribution in [-0.2, 0) is 9.13 Å². The molecule has 0 atom stereocenters. The fourth-order valence-corrected chi connectivity index (χ4v) is 4.52. The molecule has 0 aromatic carbocycles. The van der Waals surface area contributed by atoms with E-state index >= 15 is 0 Å². The Morgan fingerprint density at radius 2 is 1.07 bits per heavy atom. The standard InChI is InChI=1S/C16H37NO6P2.2K/c1-2-3-4-5-6-7-8-9-10-11-12-13-14-17(15-24(18,19)20)16-25(21,22)23;;/h2-16H2,1H3,(H2,18,19,20)(H2,21,22,23);;/q;2*+1/p-2. The fourth-order valence-electron chi connectivity index (χ4n) is 2.87. The summed E-state index contributed by atoms with van der Waals surface area (Å²) in [6.45, 7) is 2.43. The Morgan fingerprint density at radius 3 is 1.41 bits per heavy atom. The van der Waals surface area contributed by atoms with Gasteiger partial charge in [0.2, 0.25) is 0 Å². The van der Waals surface area contributed by atoms with Gasteiger partial charge in [-0.1, -0.05) is 85.1 Å². The molecule has 0 saturated carbocycles. The summed E-state index contributed by atoms with van der Waals surface area (Å²) in [5, 5.41) is 0. The van der Waals surface area contributed by atoms with Crippen molar-refractivity contribution in [1.29, 1.82) is 0 Å². The normalized spacial score (nSPS) is 11.9. The Kier molecular flexibility index (Phi) is 27.8. The zero-order chi connectivity index (χ0) is 19.2. The molecule has 2 N–H and O–H groups in total. The topological polar surface area (TPSA) is 124 Å². The second kappa shape index (κ2) is 21.4. The van der Waals surface area contributed by atoms with Crippen LogP contribution in [-0.4, -0.2) is 33.8 Å². The molecule has 0 aromatic rings. The van der Waals surface area contributed by atoms with Crippen LogP contribution in [0.2, 0.25) is 0 Å². The van der Waals surface area contributed by atoms with Crippen LogP contribution in [0.15, 0.2) is 0 Å². The van der Waals surface area contributed by atoms with Gasteiger partial charge in [0.25, 0.3) is 0 Å². The van der Waals surface area contributed by atoms with Gasteiger partial charge in [0.15, 0.2) is 0 Å². The molecular formula is C16H35K2NO6P2. The quantitative estimate of drug-likeness (QED) is 0.130. The largest absolute Gasteiger partial charge is 1.00 e. The van der Waals surface area contributed by atoms with Gasteiger partial charge >= 0.3 is 110 Å². The number of hydrogen-bond donors (Lipinski definition) is 2. The summed E-state index contributed by atoms with van der Waals surface area (Å²) in [7, 11) is -9.18. The first-order chi connectivity index (χ1) is 11.6. The molecule has 0 aromatic heterocycles. The van der Waals surface area contributed by atoms with Gasteiger partial charge in [0, 0.05) is 6.29 Å². The van der Waals surface area contributed by atoms with Crippen LogP contribution in [0.3, 0.4) is 0 Å². The van der Waals surface area contributed by atoms with Gasteiger partial charge in [-0.25, -0.2) is 0 Å². The number of hydrogen-bond acceptors (Lipinski definition) is 5. The molecule has 0 heterocycles. The third-order valence-electron chi connectivity index (χ3n) is 4.09. The van der Waals surface area contributed by atoms with E-state index in [4.69, 9.17) is 9.79 Å². The molecule has 152 valence electrons. The van der Waals surface area contributed by atoms with E-state index in [9.17, 15) is 18.9 Å². The number of unbranched alkanes of at least 4 members (excludes halogenated alkanes) is 11. The minimum absolute atomic E-state index is 0. The van der Waals surface area contributed by atoms with E-state index in [1.54, 1.807) is 0 Å². The predicted molar refractivity (Wildman–Crippen MR) is 97.2 cm³/mol. The minimum Gasteiger partial charge on any atom is -0.810 e. The molecule has 0 aliphatic heterocycles. The first kappa shape index (κ1) is 35.1. The van der Waals surface area contributed by atoms with Crippen LogP contribution in [0.1, 0.15) is 84.0 Å². The van der Waals surface area contributed by atoms with E-state index in [2.05, 4.69) is 6.92 Å². The summed E-state index contributed by atoms with van der Waals surface area (Å²) < 4.78 is 21.8. The molecule has 0 saturated heterocycles. The van der Waals surface area contributed by atoms with Crippen LogP contribution in [0.25, 0.3) is 0 Å². The van der Waals surface area contributed by atoms with E-state index in [1.807, 2.05) is 0 Å². The van der Waals surface area contributed by atoms with E-state index in [0.717, 1.165) is 24.2 Å². The Balaban J connectivity index is -0.00000288. The van der Waals surface area contributed by atoms with Gasteiger partial charge in [-0.15, -0.1) is 0 Å². The van der Waals surface area contributed by atoms with Crippen molar-refractivity contribution >= 4 is 15.2 Å². The summed E-state index contributed by atoms with van der Waals surface area (Å²) in [4.78, 5) is 40.6. The van der Waals surface area contributed by atoms with Crippen LogP contribution in [0, 0.1) is 0 Å². The van der Waals surface area contributed by atoms with Gasteiger partial charge in [0.05, 0.1) is 0 Å². The molecule has 11 heteroatoms. The second-order valence-electron chi connectivity index (χ2n) is 6.84. The van der Waals surface area contributed by atoms with Crippen molar-refractivity contribution in [2.24, 2.45) is 0 Å². The average molecular weight is 478 g/mol. The van der Waals surface area contributed by atoms with Crippen molar-refractivity contribution < 1.29 is 131 Å². The molecule has 0 aliphatic rings. The van der Waals surface area contributed by atoms with Crippen molar-refractivity contribution in [3.05, 3.63) is 0 Å². The zero-order valence-electron chi connectivity index (χ0n) is 17.5. The monoisotopic (exact) mass is 477 g/mol. The maximum atomic E-state index is 11.0. The summed E-state index contributed by atoms with van der Waals surface area (Å²) in [5.74, 6) is 0. The van der Waals surface area contributed by atoms with Crippen molar-refractivity contribution in [2.45, 2.75) is 84.0 Å². The minimum atomic E-state index is -4.81. The van der Waals surface area contributed by atoms with Crippen molar-refractivity contribution in [2.75, 3.05) is 19.1 Å². The van der Waals surface area contributed by atoms with Gasteiger partial charge in [-0.3, -0.25) is 9.46 Å². The van der Waals surface area contributed by atoms with Crippen LogP contribution in [0.5, 0.6) is 0 Å². The Hall–Kier alpha value is 3.53. The molecule has 0 bridgehead atoms. The fraction of sp³-hybridized carbons (Fsp3) is 1.00. The maximum absolute atomic E-state index is 11.0. The molecular weight excluding hydrogens is 442 g/mol. The third kappa shape index (κ3) is 29.5. The van der Waals surface area contributed by atoms with Crippen LogP contribution < -0.4 is 113 Å². The Morgan fingerprint density at radius 1 is 0.704 bits per heavy atom. The van der Waals surface area contributed by atoms with Crippen molar-refractivity contribution in [1.82, 2.24) is 4.90 Å².